The summed E-state index contributed by atoms with van der Waals surface area (Å²) in [6.07, 6.45) is 0.253. The fourth-order valence-corrected chi connectivity index (χ4v) is 2.76. The maximum Gasteiger partial charge on any atom is 0.328 e. The number of hydrogen-bond acceptors (Lipinski definition) is 3. The van der Waals surface area contributed by atoms with E-state index in [9.17, 15) is 9.59 Å². The third-order valence-electron chi connectivity index (χ3n) is 4.05. The molecule has 0 radical (unpaired) electrons. The standard InChI is InChI=1S/C18H19N3O3/c1-20-15-8-7-13(11-16(15)21(2)18(20)23)19-17(22)10-12-5-4-6-14(9-12)24-3/h4-9,11H,10H2,1-3H3,(H,19,22). The maximum atomic E-state index is 12.2. The van der Waals surface area contributed by atoms with Crippen molar-refractivity contribution in [3.05, 3.63) is 58.5 Å². The Kier molecular flexibility index (Phi) is 4.12. The number of nitrogens with zero attached hydrogens (tertiary/aromatic N) is 2. The zero-order chi connectivity index (χ0) is 17.3. The molecule has 1 aromatic heterocycles. The van der Waals surface area contributed by atoms with Gasteiger partial charge in [-0.1, -0.05) is 12.1 Å². The number of carbonyl (C=O) groups excluding carboxylic acids is 1. The van der Waals surface area contributed by atoms with Gasteiger partial charge in [-0.15, -0.1) is 0 Å². The number of benzene rings is 2. The molecule has 0 spiro atoms. The number of amides is 1. The molecule has 0 bridgehead atoms. The monoisotopic (exact) mass is 325 g/mol. The summed E-state index contributed by atoms with van der Waals surface area (Å²) in [5.41, 5.74) is 3.05. The Balaban J connectivity index is 1.80. The van der Waals surface area contributed by atoms with Crippen LogP contribution in [0.5, 0.6) is 5.75 Å². The van der Waals surface area contributed by atoms with Gasteiger partial charge in [-0.25, -0.2) is 4.79 Å². The zero-order valence-electron chi connectivity index (χ0n) is 13.9. The van der Waals surface area contributed by atoms with Crippen LogP contribution in [0.2, 0.25) is 0 Å². The SMILES string of the molecule is COc1cccc(CC(=O)Nc2ccc3c(c2)n(C)c(=O)n3C)c1. The van der Waals surface area contributed by atoms with Gasteiger partial charge in [0.05, 0.1) is 24.6 Å². The first-order valence-electron chi connectivity index (χ1n) is 7.58. The average Bonchev–Trinajstić information content (AvgIpc) is 2.79. The second kappa shape index (κ2) is 6.23. The van der Waals surface area contributed by atoms with Gasteiger partial charge in [-0.2, -0.15) is 0 Å². The van der Waals surface area contributed by atoms with Crippen LogP contribution in [0.1, 0.15) is 5.56 Å². The number of fused-ring (bicyclic) bond motifs is 1. The topological polar surface area (TPSA) is 65.3 Å². The van der Waals surface area contributed by atoms with Crippen LogP contribution in [0.15, 0.2) is 47.3 Å². The summed E-state index contributed by atoms with van der Waals surface area (Å²) in [6, 6.07) is 12.8. The Morgan fingerprint density at radius 1 is 1.08 bits per heavy atom. The van der Waals surface area contributed by atoms with Crippen molar-refractivity contribution in [3.8, 4) is 5.75 Å². The Morgan fingerprint density at radius 3 is 2.58 bits per heavy atom. The third-order valence-corrected chi connectivity index (χ3v) is 4.05. The van der Waals surface area contributed by atoms with Crippen molar-refractivity contribution < 1.29 is 9.53 Å². The van der Waals surface area contributed by atoms with Gasteiger partial charge in [0.2, 0.25) is 5.91 Å². The zero-order valence-corrected chi connectivity index (χ0v) is 13.9. The number of aryl methyl sites for hydroxylation is 2. The van der Waals surface area contributed by atoms with E-state index in [0.717, 1.165) is 22.3 Å². The quantitative estimate of drug-likeness (QED) is 0.798. The lowest BCUT2D eigenvalue weighted by Gasteiger charge is -2.07. The number of imidazole rings is 1. The number of anilines is 1. The molecule has 0 fully saturated rings. The van der Waals surface area contributed by atoms with Gasteiger partial charge in [0, 0.05) is 19.8 Å². The maximum absolute atomic E-state index is 12.2. The highest BCUT2D eigenvalue weighted by Crippen LogP contribution is 2.18. The number of hydrogen-bond donors (Lipinski definition) is 1. The summed E-state index contributed by atoms with van der Waals surface area (Å²) in [6.45, 7) is 0. The second-order valence-electron chi connectivity index (χ2n) is 5.68. The fraction of sp³-hybridized carbons (Fsp3) is 0.222. The largest absolute Gasteiger partial charge is 0.497 e. The molecular formula is C18H19N3O3. The Bertz CT molecular complexity index is 969. The minimum Gasteiger partial charge on any atom is -0.497 e. The lowest BCUT2D eigenvalue weighted by molar-refractivity contribution is -0.115. The molecule has 1 heterocycles. The molecule has 6 heteroatoms. The first-order chi connectivity index (χ1) is 11.5. The highest BCUT2D eigenvalue weighted by Gasteiger charge is 2.10. The van der Waals surface area contributed by atoms with Gasteiger partial charge < -0.3 is 10.1 Å². The summed E-state index contributed by atoms with van der Waals surface area (Å²) in [4.78, 5) is 24.2. The molecule has 1 N–H and O–H groups in total. The minimum atomic E-state index is -0.122. The number of nitrogens with one attached hydrogen (secondary N) is 1. The number of carbonyl (C=O) groups is 1. The van der Waals surface area contributed by atoms with Gasteiger partial charge in [-0.3, -0.25) is 13.9 Å². The Labute approximate surface area is 139 Å². The Morgan fingerprint density at radius 2 is 1.83 bits per heavy atom. The molecule has 24 heavy (non-hydrogen) atoms. The summed E-state index contributed by atoms with van der Waals surface area (Å²) in [5.74, 6) is 0.601. The average molecular weight is 325 g/mol. The number of methoxy groups -OCH3 is 1. The lowest BCUT2D eigenvalue weighted by atomic mass is 10.1. The Hall–Kier alpha value is -3.02. The second-order valence-corrected chi connectivity index (χ2v) is 5.68. The minimum absolute atomic E-state index is 0.0927. The van der Waals surface area contributed by atoms with Crippen LogP contribution >= 0.6 is 0 Å². The molecule has 124 valence electrons. The number of rotatable bonds is 4. The fourth-order valence-electron chi connectivity index (χ4n) is 2.76. The third kappa shape index (κ3) is 2.90. The molecule has 3 aromatic rings. The molecule has 3 rings (SSSR count). The van der Waals surface area contributed by atoms with E-state index in [0.29, 0.717) is 5.69 Å². The van der Waals surface area contributed by atoms with E-state index in [4.69, 9.17) is 4.74 Å². The summed E-state index contributed by atoms with van der Waals surface area (Å²) >= 11 is 0. The van der Waals surface area contributed by atoms with Crippen LogP contribution in [0, 0.1) is 0 Å². The van der Waals surface area contributed by atoms with E-state index in [-0.39, 0.29) is 18.0 Å². The molecule has 0 aliphatic rings. The molecule has 0 saturated heterocycles. The van der Waals surface area contributed by atoms with Gasteiger partial charge in [0.15, 0.2) is 0 Å². The van der Waals surface area contributed by atoms with Crippen molar-refractivity contribution in [2.45, 2.75) is 6.42 Å². The molecule has 6 nitrogen and oxygen atoms in total. The first kappa shape index (κ1) is 15.9. The van der Waals surface area contributed by atoms with E-state index in [2.05, 4.69) is 5.32 Å². The van der Waals surface area contributed by atoms with Crippen LogP contribution < -0.4 is 15.7 Å². The summed E-state index contributed by atoms with van der Waals surface area (Å²) < 4.78 is 8.31. The van der Waals surface area contributed by atoms with Crippen LogP contribution in [-0.2, 0) is 25.3 Å². The van der Waals surface area contributed by atoms with Crippen LogP contribution in [0.3, 0.4) is 0 Å². The van der Waals surface area contributed by atoms with E-state index in [1.54, 1.807) is 42.5 Å². The highest BCUT2D eigenvalue weighted by molar-refractivity contribution is 5.94. The highest BCUT2D eigenvalue weighted by atomic mass is 16.5. The molecule has 0 aliphatic carbocycles. The van der Waals surface area contributed by atoms with Gasteiger partial charge in [0.1, 0.15) is 5.75 Å². The molecule has 0 saturated carbocycles. The van der Waals surface area contributed by atoms with Crippen molar-refractivity contribution >= 4 is 22.6 Å². The van der Waals surface area contributed by atoms with E-state index in [1.807, 2.05) is 30.3 Å². The van der Waals surface area contributed by atoms with Gasteiger partial charge in [-0.05, 0) is 35.9 Å². The van der Waals surface area contributed by atoms with Crippen LogP contribution in [-0.4, -0.2) is 22.2 Å². The molecule has 0 aliphatic heterocycles. The number of aromatic nitrogens is 2. The van der Waals surface area contributed by atoms with Gasteiger partial charge >= 0.3 is 5.69 Å². The molecule has 1 amide bonds. The molecular weight excluding hydrogens is 306 g/mol. The van der Waals surface area contributed by atoms with E-state index in [1.165, 1.54) is 0 Å². The first-order valence-corrected chi connectivity index (χ1v) is 7.58. The number of ether oxygens (including phenoxy) is 1. The van der Waals surface area contributed by atoms with Crippen molar-refractivity contribution in [2.24, 2.45) is 14.1 Å². The molecule has 2 aromatic carbocycles. The normalized spacial score (nSPS) is 10.8. The van der Waals surface area contributed by atoms with Gasteiger partial charge in [0.25, 0.3) is 0 Å². The van der Waals surface area contributed by atoms with Crippen molar-refractivity contribution in [1.29, 1.82) is 0 Å². The van der Waals surface area contributed by atoms with Crippen molar-refractivity contribution in [1.82, 2.24) is 9.13 Å². The van der Waals surface area contributed by atoms with Crippen molar-refractivity contribution in [2.75, 3.05) is 12.4 Å². The predicted molar refractivity (Wildman–Crippen MR) is 93.5 cm³/mol. The lowest BCUT2D eigenvalue weighted by Crippen LogP contribution is -2.19. The smallest absolute Gasteiger partial charge is 0.328 e. The van der Waals surface area contributed by atoms with Crippen LogP contribution in [0.4, 0.5) is 5.69 Å². The van der Waals surface area contributed by atoms with E-state index >= 15 is 0 Å². The molecule has 0 unspecified atom stereocenters. The summed E-state index contributed by atoms with van der Waals surface area (Å²) in [5, 5.41) is 2.87. The van der Waals surface area contributed by atoms with Crippen LogP contribution in [0.25, 0.3) is 11.0 Å². The van der Waals surface area contributed by atoms with E-state index < -0.39 is 0 Å². The predicted octanol–water partition coefficient (Wildman–Crippen LogP) is 2.07. The summed E-state index contributed by atoms with van der Waals surface area (Å²) in [7, 11) is 5.04. The molecule has 0 atom stereocenters. The van der Waals surface area contributed by atoms with Crippen molar-refractivity contribution in [3.63, 3.8) is 0 Å².